The minimum atomic E-state index is -0.177. The molecular formula is C24H31N3O5. The van der Waals surface area contributed by atoms with Gasteiger partial charge in [-0.2, -0.15) is 0 Å². The summed E-state index contributed by atoms with van der Waals surface area (Å²) in [6.07, 6.45) is 8.57. The van der Waals surface area contributed by atoms with Crippen LogP contribution in [0.25, 0.3) is 0 Å². The largest absolute Gasteiger partial charge is 0.493 e. The molecule has 1 fully saturated rings. The van der Waals surface area contributed by atoms with Crippen LogP contribution in [0.1, 0.15) is 37.4 Å². The third-order valence-corrected chi connectivity index (χ3v) is 5.79. The van der Waals surface area contributed by atoms with Gasteiger partial charge in [-0.15, -0.1) is 0 Å². The lowest BCUT2D eigenvalue weighted by atomic mass is 10.1. The molecule has 2 aromatic carbocycles. The molecule has 0 amide bonds. The summed E-state index contributed by atoms with van der Waals surface area (Å²) in [7, 11) is 6.48. The van der Waals surface area contributed by atoms with E-state index in [1.807, 2.05) is 47.7 Å². The molecule has 0 aromatic heterocycles. The van der Waals surface area contributed by atoms with Crippen LogP contribution in [0.4, 0.5) is 5.69 Å². The van der Waals surface area contributed by atoms with Crippen molar-refractivity contribution in [2.75, 3.05) is 33.9 Å². The van der Waals surface area contributed by atoms with Crippen LogP contribution in [0.15, 0.2) is 42.7 Å². The van der Waals surface area contributed by atoms with E-state index >= 15 is 0 Å². The van der Waals surface area contributed by atoms with Crippen LogP contribution < -0.4 is 34.4 Å². The molecule has 8 heteroatoms. The smallest absolute Gasteiger partial charge is 0.203 e. The summed E-state index contributed by atoms with van der Waals surface area (Å²) < 4.78 is 28.2. The molecule has 0 saturated heterocycles. The molecule has 1 heterocycles. The first kappa shape index (κ1) is 21.8. The zero-order valence-electron chi connectivity index (χ0n) is 19.0. The van der Waals surface area contributed by atoms with Crippen LogP contribution in [0.3, 0.4) is 0 Å². The van der Waals surface area contributed by atoms with Gasteiger partial charge < -0.3 is 29.0 Å². The first-order valence-electron chi connectivity index (χ1n) is 10.8. The number of rotatable bonds is 9. The summed E-state index contributed by atoms with van der Waals surface area (Å²) in [5.74, 6) is 3.26. The molecule has 2 aliphatic rings. The van der Waals surface area contributed by atoms with Crippen molar-refractivity contribution >= 4 is 5.69 Å². The standard InChI is InChI=1S/C24H31N3O5/c1-28-20-15-17(9-10-19(20)32-18-7-5-6-8-18)26-27-12-11-25-24(27)16-13-21(29-2)23(31-4)22(14-16)30-3/h9-15,18,24-26H,5-8H2,1-4H3. The molecule has 172 valence electrons. The molecule has 4 rings (SSSR count). The van der Waals surface area contributed by atoms with Crippen molar-refractivity contribution in [3.05, 3.63) is 48.3 Å². The Hall–Kier alpha value is -3.42. The van der Waals surface area contributed by atoms with Gasteiger partial charge in [0.1, 0.15) is 6.17 Å². The number of hydrogen-bond acceptors (Lipinski definition) is 8. The molecule has 2 N–H and O–H groups in total. The Morgan fingerprint density at radius 1 is 0.844 bits per heavy atom. The molecule has 1 atom stereocenters. The molecule has 2 aromatic rings. The number of ether oxygens (including phenoxy) is 5. The predicted octanol–water partition coefficient (Wildman–Crippen LogP) is 4.44. The van der Waals surface area contributed by atoms with Gasteiger partial charge in [-0.25, -0.2) is 0 Å². The number of hydrazine groups is 1. The number of benzene rings is 2. The molecule has 1 unspecified atom stereocenters. The summed E-state index contributed by atoms with van der Waals surface area (Å²) >= 11 is 0. The lowest BCUT2D eigenvalue weighted by Crippen LogP contribution is -2.31. The van der Waals surface area contributed by atoms with E-state index in [9.17, 15) is 0 Å². The van der Waals surface area contributed by atoms with Gasteiger partial charge >= 0.3 is 0 Å². The van der Waals surface area contributed by atoms with E-state index in [0.29, 0.717) is 23.0 Å². The van der Waals surface area contributed by atoms with Crippen LogP contribution in [0.2, 0.25) is 0 Å². The summed E-state index contributed by atoms with van der Waals surface area (Å²) in [4.78, 5) is 0. The van der Waals surface area contributed by atoms with Gasteiger partial charge in [0.2, 0.25) is 5.75 Å². The maximum absolute atomic E-state index is 6.15. The molecule has 1 saturated carbocycles. The third kappa shape index (κ3) is 4.44. The topological polar surface area (TPSA) is 73.5 Å². The van der Waals surface area contributed by atoms with Crippen LogP contribution in [0, 0.1) is 0 Å². The molecule has 1 aliphatic heterocycles. The van der Waals surface area contributed by atoms with Crippen molar-refractivity contribution in [3.8, 4) is 28.7 Å². The number of hydrogen-bond donors (Lipinski definition) is 2. The summed E-state index contributed by atoms with van der Waals surface area (Å²) in [6, 6.07) is 9.76. The summed E-state index contributed by atoms with van der Waals surface area (Å²) in [5, 5.41) is 5.31. The van der Waals surface area contributed by atoms with Crippen molar-refractivity contribution in [1.82, 2.24) is 10.3 Å². The average Bonchev–Trinajstić information content (AvgIpc) is 3.51. The van der Waals surface area contributed by atoms with E-state index in [0.717, 1.165) is 29.8 Å². The van der Waals surface area contributed by atoms with E-state index in [2.05, 4.69) is 10.7 Å². The minimum absolute atomic E-state index is 0.177. The van der Waals surface area contributed by atoms with Crippen molar-refractivity contribution in [2.24, 2.45) is 0 Å². The van der Waals surface area contributed by atoms with Gasteiger partial charge in [-0.1, -0.05) is 0 Å². The fourth-order valence-electron chi connectivity index (χ4n) is 4.17. The number of anilines is 1. The van der Waals surface area contributed by atoms with Gasteiger partial charge in [0.05, 0.1) is 40.2 Å². The van der Waals surface area contributed by atoms with Gasteiger partial charge in [0, 0.05) is 24.0 Å². The fourth-order valence-corrected chi connectivity index (χ4v) is 4.17. The zero-order chi connectivity index (χ0) is 22.5. The van der Waals surface area contributed by atoms with E-state index < -0.39 is 0 Å². The predicted molar refractivity (Wildman–Crippen MR) is 122 cm³/mol. The molecule has 8 nitrogen and oxygen atoms in total. The highest BCUT2D eigenvalue weighted by atomic mass is 16.5. The second kappa shape index (κ2) is 9.80. The van der Waals surface area contributed by atoms with Crippen molar-refractivity contribution < 1.29 is 23.7 Å². The first-order chi connectivity index (χ1) is 15.7. The zero-order valence-corrected chi connectivity index (χ0v) is 19.0. The molecular weight excluding hydrogens is 410 g/mol. The van der Waals surface area contributed by atoms with Crippen molar-refractivity contribution in [3.63, 3.8) is 0 Å². The summed E-state index contributed by atoms with van der Waals surface area (Å²) in [5.41, 5.74) is 5.25. The molecule has 1 aliphatic carbocycles. The third-order valence-electron chi connectivity index (χ3n) is 5.79. The molecule has 0 bridgehead atoms. The second-order valence-corrected chi connectivity index (χ2v) is 7.75. The number of nitrogens with zero attached hydrogens (tertiary/aromatic N) is 1. The quantitative estimate of drug-likeness (QED) is 0.592. The Bertz CT molecular complexity index is 934. The molecule has 32 heavy (non-hydrogen) atoms. The maximum Gasteiger partial charge on any atom is 0.203 e. The van der Waals surface area contributed by atoms with Gasteiger partial charge in [-0.3, -0.25) is 10.4 Å². The number of methoxy groups -OCH3 is 4. The lowest BCUT2D eigenvalue weighted by molar-refractivity contribution is 0.201. The highest BCUT2D eigenvalue weighted by Gasteiger charge is 2.25. The Balaban J connectivity index is 1.53. The van der Waals surface area contributed by atoms with Crippen LogP contribution in [-0.2, 0) is 0 Å². The van der Waals surface area contributed by atoms with Crippen molar-refractivity contribution in [2.45, 2.75) is 38.0 Å². The molecule has 0 radical (unpaired) electrons. The maximum atomic E-state index is 6.15. The Labute approximate surface area is 189 Å². The molecule has 0 spiro atoms. The number of nitrogens with one attached hydrogen (secondary N) is 2. The Kier molecular flexibility index (Phi) is 6.68. The van der Waals surface area contributed by atoms with Gasteiger partial charge in [-0.05, 0) is 49.9 Å². The SMILES string of the molecule is COc1cc(NN2C=CNC2c2cc(OC)c(OC)c(OC)c2)ccc1OC1CCCC1. The fraction of sp³-hybridized carbons (Fsp3) is 0.417. The van der Waals surface area contributed by atoms with Crippen molar-refractivity contribution in [1.29, 1.82) is 0 Å². The van der Waals surface area contributed by atoms with Crippen LogP contribution in [0.5, 0.6) is 28.7 Å². The van der Waals surface area contributed by atoms with E-state index in [4.69, 9.17) is 23.7 Å². The van der Waals surface area contributed by atoms with E-state index in [-0.39, 0.29) is 12.3 Å². The lowest BCUT2D eigenvalue weighted by Gasteiger charge is -2.28. The monoisotopic (exact) mass is 441 g/mol. The second-order valence-electron chi connectivity index (χ2n) is 7.75. The van der Waals surface area contributed by atoms with Crippen LogP contribution >= 0.6 is 0 Å². The van der Waals surface area contributed by atoms with Gasteiger partial charge in [0.15, 0.2) is 23.0 Å². The van der Waals surface area contributed by atoms with E-state index in [1.54, 1.807) is 28.4 Å². The minimum Gasteiger partial charge on any atom is -0.493 e. The first-order valence-corrected chi connectivity index (χ1v) is 10.8. The highest BCUT2D eigenvalue weighted by molar-refractivity contribution is 5.56. The van der Waals surface area contributed by atoms with E-state index in [1.165, 1.54) is 12.8 Å². The highest BCUT2D eigenvalue weighted by Crippen LogP contribution is 2.41. The Morgan fingerprint density at radius 3 is 2.16 bits per heavy atom. The Morgan fingerprint density at radius 2 is 1.53 bits per heavy atom. The average molecular weight is 442 g/mol. The van der Waals surface area contributed by atoms with Gasteiger partial charge in [0.25, 0.3) is 0 Å². The van der Waals surface area contributed by atoms with Crippen LogP contribution in [-0.4, -0.2) is 39.6 Å². The summed E-state index contributed by atoms with van der Waals surface area (Å²) in [6.45, 7) is 0. The normalized spacial score (nSPS) is 17.8.